The molecule has 12 nitrogen and oxygen atoms in total. The summed E-state index contributed by atoms with van der Waals surface area (Å²) in [6.45, 7) is 0.748. The summed E-state index contributed by atoms with van der Waals surface area (Å²) < 4.78 is 38.6. The highest BCUT2D eigenvalue weighted by Crippen LogP contribution is 2.37. The van der Waals surface area contributed by atoms with Gasteiger partial charge in [0, 0.05) is 17.7 Å². The smallest absolute Gasteiger partial charge is 0.289 e. The number of hydrogen-bond acceptors (Lipinski definition) is 9. The Kier molecular flexibility index (Phi) is 8.30. The molecular formula is C24H24N4O8S. The van der Waals surface area contributed by atoms with Crippen LogP contribution in [0, 0.1) is 10.1 Å². The van der Waals surface area contributed by atoms with Crippen molar-refractivity contribution >= 4 is 33.0 Å². The first-order chi connectivity index (χ1) is 17.6. The van der Waals surface area contributed by atoms with Crippen LogP contribution < -0.4 is 19.2 Å². The molecule has 37 heavy (non-hydrogen) atoms. The lowest BCUT2D eigenvalue weighted by Crippen LogP contribution is -2.40. The number of phenols is 1. The van der Waals surface area contributed by atoms with Crippen molar-refractivity contribution in [1.29, 1.82) is 0 Å². The lowest BCUT2D eigenvalue weighted by molar-refractivity contribution is -0.387. The number of hydrogen-bond donors (Lipinski definition) is 2. The second kappa shape index (κ2) is 11.4. The zero-order valence-electron chi connectivity index (χ0n) is 20.1. The number of aromatic hydroxyl groups is 1. The number of carbonyl (C=O) groups excluding carboxylic acids is 1. The molecule has 3 rings (SSSR count). The number of phenolic OH excluding ortho intramolecular Hbond substituents is 1. The SMILES string of the molecule is COc1ccc(N(CC(=O)N/N=C(/C)c2ccccc2O)S(=O)(=O)c2ccccc2[N+](=O)[O-])c(OC)c1. The fourth-order valence-corrected chi connectivity index (χ4v) is 4.98. The van der Waals surface area contributed by atoms with Crippen LogP contribution in [0.15, 0.2) is 76.7 Å². The van der Waals surface area contributed by atoms with E-state index in [4.69, 9.17) is 9.47 Å². The number of anilines is 1. The van der Waals surface area contributed by atoms with Gasteiger partial charge in [-0.05, 0) is 37.3 Å². The van der Waals surface area contributed by atoms with Crippen LogP contribution >= 0.6 is 0 Å². The number of nitrogens with one attached hydrogen (secondary N) is 1. The maximum atomic E-state index is 13.7. The maximum Gasteiger partial charge on any atom is 0.289 e. The van der Waals surface area contributed by atoms with Gasteiger partial charge in [0.25, 0.3) is 21.6 Å². The van der Waals surface area contributed by atoms with Gasteiger partial charge in [0.1, 0.15) is 23.8 Å². The molecule has 194 valence electrons. The number of sulfonamides is 1. The van der Waals surface area contributed by atoms with Gasteiger partial charge in [-0.3, -0.25) is 19.2 Å². The van der Waals surface area contributed by atoms with E-state index in [0.29, 0.717) is 15.6 Å². The fraction of sp³-hybridized carbons (Fsp3) is 0.167. The number of hydrazone groups is 1. The van der Waals surface area contributed by atoms with Crippen molar-refractivity contribution < 1.29 is 32.7 Å². The van der Waals surface area contributed by atoms with Crippen molar-refractivity contribution in [3.05, 3.63) is 82.4 Å². The minimum Gasteiger partial charge on any atom is -0.507 e. The van der Waals surface area contributed by atoms with Gasteiger partial charge in [0.15, 0.2) is 4.90 Å². The molecule has 0 fully saturated rings. The van der Waals surface area contributed by atoms with Gasteiger partial charge in [-0.15, -0.1) is 0 Å². The van der Waals surface area contributed by atoms with Gasteiger partial charge in [-0.25, -0.2) is 13.8 Å². The fourth-order valence-electron chi connectivity index (χ4n) is 3.39. The van der Waals surface area contributed by atoms with Crippen LogP contribution in [-0.4, -0.2) is 50.8 Å². The van der Waals surface area contributed by atoms with Crippen LogP contribution in [0.2, 0.25) is 0 Å². The summed E-state index contributed by atoms with van der Waals surface area (Å²) >= 11 is 0. The van der Waals surface area contributed by atoms with E-state index in [9.17, 15) is 28.4 Å². The second-order valence-corrected chi connectivity index (χ2v) is 9.35. The maximum absolute atomic E-state index is 13.7. The Morgan fingerprint density at radius 3 is 2.41 bits per heavy atom. The Morgan fingerprint density at radius 2 is 1.76 bits per heavy atom. The van der Waals surface area contributed by atoms with Crippen molar-refractivity contribution in [2.45, 2.75) is 11.8 Å². The van der Waals surface area contributed by atoms with Crippen LogP contribution in [0.5, 0.6) is 17.2 Å². The normalized spacial score (nSPS) is 11.5. The van der Waals surface area contributed by atoms with Crippen molar-refractivity contribution in [2.75, 3.05) is 25.1 Å². The van der Waals surface area contributed by atoms with Crippen molar-refractivity contribution in [1.82, 2.24) is 5.43 Å². The van der Waals surface area contributed by atoms with Crippen molar-refractivity contribution in [3.8, 4) is 17.2 Å². The molecule has 2 N–H and O–H groups in total. The Balaban J connectivity index is 2.05. The van der Waals surface area contributed by atoms with Crippen LogP contribution in [0.25, 0.3) is 0 Å². The highest BCUT2D eigenvalue weighted by atomic mass is 32.2. The van der Waals surface area contributed by atoms with Gasteiger partial charge in [0.05, 0.1) is 30.5 Å². The highest BCUT2D eigenvalue weighted by molar-refractivity contribution is 7.93. The summed E-state index contributed by atoms with van der Waals surface area (Å²) in [5, 5.41) is 25.5. The number of para-hydroxylation sites is 2. The Labute approximate surface area is 213 Å². The number of ether oxygens (including phenoxy) is 2. The molecule has 3 aromatic rings. The van der Waals surface area contributed by atoms with E-state index < -0.39 is 38.0 Å². The molecule has 1 amide bonds. The molecule has 0 aliphatic rings. The summed E-state index contributed by atoms with van der Waals surface area (Å²) in [6, 6.07) is 15.4. The lowest BCUT2D eigenvalue weighted by Gasteiger charge is -2.25. The Hall–Kier alpha value is -4.65. The number of amides is 1. The molecule has 13 heteroatoms. The highest BCUT2D eigenvalue weighted by Gasteiger charge is 2.34. The molecule has 0 aromatic heterocycles. The lowest BCUT2D eigenvalue weighted by atomic mass is 10.1. The number of rotatable bonds is 10. The predicted molar refractivity (Wildman–Crippen MR) is 136 cm³/mol. The Bertz CT molecular complexity index is 1460. The molecule has 0 bridgehead atoms. The quantitative estimate of drug-likeness (QED) is 0.231. The zero-order valence-corrected chi connectivity index (χ0v) is 20.9. The first-order valence-corrected chi connectivity index (χ1v) is 12.1. The van der Waals surface area contributed by atoms with E-state index in [1.54, 1.807) is 25.1 Å². The van der Waals surface area contributed by atoms with Crippen LogP contribution in [0.3, 0.4) is 0 Å². The second-order valence-electron chi connectivity index (χ2n) is 7.52. The summed E-state index contributed by atoms with van der Waals surface area (Å²) in [5.41, 5.74) is 2.18. The average Bonchev–Trinajstić information content (AvgIpc) is 2.90. The van der Waals surface area contributed by atoms with E-state index >= 15 is 0 Å². The Morgan fingerprint density at radius 1 is 1.08 bits per heavy atom. The average molecular weight is 529 g/mol. The van der Waals surface area contributed by atoms with Gasteiger partial charge in [-0.1, -0.05) is 24.3 Å². The number of nitrogens with zero attached hydrogens (tertiary/aromatic N) is 3. The standard InChI is InChI=1S/C24H24N4O8S/c1-16(18-8-4-6-10-21(18)29)25-26-24(30)15-27(19-13-12-17(35-2)14-22(19)36-3)37(33,34)23-11-7-5-9-20(23)28(31)32/h4-14,29H,15H2,1-3H3,(H,26,30)/b25-16-. The molecule has 3 aromatic carbocycles. The third-order valence-electron chi connectivity index (χ3n) is 5.21. The van der Waals surface area contributed by atoms with E-state index in [1.165, 1.54) is 50.6 Å². The van der Waals surface area contributed by atoms with Gasteiger partial charge >= 0.3 is 0 Å². The van der Waals surface area contributed by atoms with Gasteiger partial charge < -0.3 is 14.6 Å². The number of nitro groups is 1. The van der Waals surface area contributed by atoms with Gasteiger partial charge in [0.2, 0.25) is 0 Å². The number of benzene rings is 3. The first-order valence-electron chi connectivity index (χ1n) is 10.7. The number of nitro benzene ring substituents is 1. The molecule has 0 saturated heterocycles. The van der Waals surface area contributed by atoms with Crippen molar-refractivity contribution in [3.63, 3.8) is 0 Å². The molecule has 0 heterocycles. The summed E-state index contributed by atoms with van der Waals surface area (Å²) in [4.78, 5) is 23.0. The van der Waals surface area contributed by atoms with E-state index in [2.05, 4.69) is 10.5 Å². The zero-order chi connectivity index (χ0) is 27.2. The summed E-state index contributed by atoms with van der Waals surface area (Å²) in [6.07, 6.45) is 0. The predicted octanol–water partition coefficient (Wildman–Crippen LogP) is 3.05. The molecule has 0 spiro atoms. The van der Waals surface area contributed by atoms with E-state index in [1.807, 2.05) is 0 Å². The largest absolute Gasteiger partial charge is 0.507 e. The first kappa shape index (κ1) is 26.9. The van der Waals surface area contributed by atoms with E-state index in [-0.39, 0.29) is 22.9 Å². The van der Waals surface area contributed by atoms with E-state index in [0.717, 1.165) is 12.1 Å². The molecule has 0 saturated carbocycles. The van der Waals surface area contributed by atoms with Crippen LogP contribution in [-0.2, 0) is 14.8 Å². The molecule has 0 atom stereocenters. The molecule has 0 radical (unpaired) electrons. The molecular weight excluding hydrogens is 504 g/mol. The monoisotopic (exact) mass is 528 g/mol. The minimum absolute atomic E-state index is 0.0446. The summed E-state index contributed by atoms with van der Waals surface area (Å²) in [5.74, 6) is -0.504. The number of methoxy groups -OCH3 is 2. The number of carbonyl (C=O) groups is 1. The molecule has 0 aliphatic carbocycles. The molecule has 0 aliphatic heterocycles. The third-order valence-corrected chi connectivity index (χ3v) is 7.02. The van der Waals surface area contributed by atoms with Crippen molar-refractivity contribution in [2.24, 2.45) is 5.10 Å². The molecule has 0 unspecified atom stereocenters. The summed E-state index contributed by atoms with van der Waals surface area (Å²) in [7, 11) is -1.94. The van der Waals surface area contributed by atoms with Crippen LogP contribution in [0.1, 0.15) is 12.5 Å². The van der Waals surface area contributed by atoms with Gasteiger partial charge in [-0.2, -0.15) is 5.10 Å². The third kappa shape index (κ3) is 5.95. The van der Waals surface area contributed by atoms with Crippen LogP contribution in [0.4, 0.5) is 11.4 Å². The topological polar surface area (TPSA) is 161 Å². The minimum atomic E-state index is -4.65.